The predicted molar refractivity (Wildman–Crippen MR) is 61.5 cm³/mol. The summed E-state index contributed by atoms with van der Waals surface area (Å²) in [6, 6.07) is 0.435. The van der Waals surface area contributed by atoms with Crippen LogP contribution in [0.5, 0.6) is 0 Å². The smallest absolute Gasteiger partial charge is 0.221 e. The Labute approximate surface area is 92.2 Å². The van der Waals surface area contributed by atoms with Crippen molar-refractivity contribution in [3.05, 3.63) is 0 Å². The summed E-state index contributed by atoms with van der Waals surface area (Å²) in [4.78, 5) is 13.3. The molecule has 1 fully saturated rings. The average molecular weight is 213 g/mol. The first kappa shape index (κ1) is 12.5. The van der Waals surface area contributed by atoms with Crippen molar-refractivity contribution >= 4 is 5.91 Å². The summed E-state index contributed by atoms with van der Waals surface area (Å²) in [5.41, 5.74) is 5.20. The van der Waals surface area contributed by atoms with Crippen molar-refractivity contribution in [2.45, 2.75) is 32.7 Å². The third-order valence-electron chi connectivity index (χ3n) is 2.99. The van der Waals surface area contributed by atoms with Crippen LogP contribution in [0.1, 0.15) is 26.7 Å². The molecule has 0 aliphatic carbocycles. The molecule has 1 heterocycles. The lowest BCUT2D eigenvalue weighted by molar-refractivity contribution is -0.121. The molecule has 88 valence electrons. The summed E-state index contributed by atoms with van der Waals surface area (Å²) >= 11 is 0. The van der Waals surface area contributed by atoms with E-state index in [1.165, 1.54) is 25.9 Å². The van der Waals surface area contributed by atoms with E-state index in [-0.39, 0.29) is 11.8 Å². The number of hydrogen-bond acceptors (Lipinski definition) is 3. The molecule has 0 aromatic carbocycles. The quantitative estimate of drug-likeness (QED) is 0.662. The van der Waals surface area contributed by atoms with Crippen molar-refractivity contribution in [1.82, 2.24) is 10.2 Å². The molecule has 4 nitrogen and oxygen atoms in total. The lowest BCUT2D eigenvalue weighted by Crippen LogP contribution is -2.41. The molecule has 1 aliphatic heterocycles. The highest BCUT2D eigenvalue weighted by Gasteiger charge is 2.15. The minimum Gasteiger partial charge on any atom is -0.369 e. The van der Waals surface area contributed by atoms with Crippen LogP contribution in [0.15, 0.2) is 0 Å². The Morgan fingerprint density at radius 1 is 1.40 bits per heavy atom. The maximum atomic E-state index is 10.8. The number of amides is 1. The van der Waals surface area contributed by atoms with Crippen molar-refractivity contribution in [3.63, 3.8) is 0 Å². The molecule has 0 radical (unpaired) electrons. The van der Waals surface area contributed by atoms with Crippen LogP contribution in [0, 0.1) is 5.92 Å². The fraction of sp³-hybridized carbons (Fsp3) is 0.909. The van der Waals surface area contributed by atoms with E-state index in [2.05, 4.69) is 17.1 Å². The van der Waals surface area contributed by atoms with Gasteiger partial charge in [0.2, 0.25) is 5.91 Å². The molecule has 3 N–H and O–H groups in total. The second-order valence-electron chi connectivity index (χ2n) is 4.62. The zero-order chi connectivity index (χ0) is 11.3. The van der Waals surface area contributed by atoms with Crippen molar-refractivity contribution in [2.24, 2.45) is 11.7 Å². The van der Waals surface area contributed by atoms with Gasteiger partial charge in [0, 0.05) is 25.0 Å². The lowest BCUT2D eigenvalue weighted by atomic mass is 10.1. The van der Waals surface area contributed by atoms with Crippen LogP contribution < -0.4 is 11.1 Å². The summed E-state index contributed by atoms with van der Waals surface area (Å²) in [6.07, 6.45) is 2.65. The maximum Gasteiger partial charge on any atom is 0.221 e. The summed E-state index contributed by atoms with van der Waals surface area (Å²) < 4.78 is 0. The number of nitrogens with one attached hydrogen (secondary N) is 1. The summed E-state index contributed by atoms with van der Waals surface area (Å²) in [7, 11) is 0. The molecule has 0 aromatic rings. The summed E-state index contributed by atoms with van der Waals surface area (Å²) in [5, 5.41) is 3.35. The highest BCUT2D eigenvalue weighted by molar-refractivity contribution is 5.76. The van der Waals surface area contributed by atoms with Crippen molar-refractivity contribution < 1.29 is 4.79 Å². The second kappa shape index (κ2) is 6.08. The molecular weight excluding hydrogens is 190 g/mol. The number of rotatable bonds is 6. The van der Waals surface area contributed by atoms with Gasteiger partial charge in [0.25, 0.3) is 0 Å². The van der Waals surface area contributed by atoms with E-state index >= 15 is 0 Å². The molecule has 2 atom stereocenters. The van der Waals surface area contributed by atoms with Crippen LogP contribution in [-0.4, -0.2) is 43.0 Å². The second-order valence-corrected chi connectivity index (χ2v) is 4.62. The topological polar surface area (TPSA) is 58.4 Å². The van der Waals surface area contributed by atoms with Crippen LogP contribution in [0.2, 0.25) is 0 Å². The minimum absolute atomic E-state index is 0.0778. The Kier molecular flexibility index (Phi) is 5.05. The first-order chi connectivity index (χ1) is 7.09. The first-order valence-corrected chi connectivity index (χ1v) is 5.84. The normalized spacial score (nSPS) is 21.5. The number of carbonyl (C=O) groups excluding carboxylic acids is 1. The van der Waals surface area contributed by atoms with Gasteiger partial charge in [-0.25, -0.2) is 0 Å². The van der Waals surface area contributed by atoms with Crippen LogP contribution >= 0.6 is 0 Å². The highest BCUT2D eigenvalue weighted by Crippen LogP contribution is 2.07. The maximum absolute atomic E-state index is 10.8. The Bertz CT molecular complexity index is 202. The van der Waals surface area contributed by atoms with Gasteiger partial charge in [-0.1, -0.05) is 6.92 Å². The van der Waals surface area contributed by atoms with Crippen LogP contribution in [0.25, 0.3) is 0 Å². The highest BCUT2D eigenvalue weighted by atomic mass is 16.1. The first-order valence-electron chi connectivity index (χ1n) is 5.84. The van der Waals surface area contributed by atoms with E-state index in [1.807, 2.05) is 6.92 Å². The van der Waals surface area contributed by atoms with Gasteiger partial charge >= 0.3 is 0 Å². The number of hydrogen-bond donors (Lipinski definition) is 2. The van der Waals surface area contributed by atoms with Crippen LogP contribution in [0.3, 0.4) is 0 Å². The standard InChI is InChI=1S/C11H23N3O/c1-9(11(12)15)7-13-10(2)8-14-5-3-4-6-14/h9-10,13H,3-8H2,1-2H3,(H2,12,15). The van der Waals surface area contributed by atoms with Crippen molar-refractivity contribution in [2.75, 3.05) is 26.2 Å². The Morgan fingerprint density at radius 2 is 2.00 bits per heavy atom. The lowest BCUT2D eigenvalue weighted by Gasteiger charge is -2.22. The van der Waals surface area contributed by atoms with E-state index < -0.39 is 0 Å². The minimum atomic E-state index is -0.226. The molecule has 1 saturated heterocycles. The van der Waals surface area contributed by atoms with Crippen LogP contribution in [-0.2, 0) is 4.79 Å². The number of nitrogens with zero attached hydrogens (tertiary/aromatic N) is 1. The number of carbonyl (C=O) groups is 1. The zero-order valence-electron chi connectivity index (χ0n) is 9.83. The molecule has 2 unspecified atom stereocenters. The molecule has 1 rings (SSSR count). The third kappa shape index (κ3) is 4.62. The molecule has 15 heavy (non-hydrogen) atoms. The van der Waals surface area contributed by atoms with Gasteiger partial charge in [0.15, 0.2) is 0 Å². The van der Waals surface area contributed by atoms with Crippen molar-refractivity contribution in [3.8, 4) is 0 Å². The van der Waals surface area contributed by atoms with Gasteiger partial charge in [-0.15, -0.1) is 0 Å². The molecule has 0 saturated carbocycles. The van der Waals surface area contributed by atoms with Crippen LogP contribution in [0.4, 0.5) is 0 Å². The van der Waals surface area contributed by atoms with Gasteiger partial charge in [0.1, 0.15) is 0 Å². The fourth-order valence-corrected chi connectivity index (χ4v) is 1.90. The Hall–Kier alpha value is -0.610. The van der Waals surface area contributed by atoms with E-state index in [4.69, 9.17) is 5.73 Å². The molecular formula is C11H23N3O. The zero-order valence-corrected chi connectivity index (χ0v) is 9.83. The average Bonchev–Trinajstić information content (AvgIpc) is 2.66. The monoisotopic (exact) mass is 213 g/mol. The molecule has 0 bridgehead atoms. The predicted octanol–water partition coefficient (Wildman–Crippen LogP) is 0.182. The van der Waals surface area contributed by atoms with Gasteiger partial charge < -0.3 is 16.0 Å². The molecule has 1 amide bonds. The summed E-state index contributed by atoms with van der Waals surface area (Å²) in [6.45, 7) is 8.22. The SMILES string of the molecule is CC(CN1CCCC1)NCC(C)C(N)=O. The van der Waals surface area contributed by atoms with Crippen molar-refractivity contribution in [1.29, 1.82) is 0 Å². The Balaban J connectivity index is 2.12. The van der Waals surface area contributed by atoms with Gasteiger partial charge in [-0.05, 0) is 32.9 Å². The number of primary amides is 1. The number of likely N-dealkylation sites (tertiary alicyclic amines) is 1. The van der Waals surface area contributed by atoms with E-state index in [1.54, 1.807) is 0 Å². The van der Waals surface area contributed by atoms with E-state index in [0.717, 1.165) is 6.54 Å². The Morgan fingerprint density at radius 3 is 2.53 bits per heavy atom. The van der Waals surface area contributed by atoms with Gasteiger partial charge in [0.05, 0.1) is 0 Å². The summed E-state index contributed by atoms with van der Waals surface area (Å²) in [5.74, 6) is -0.304. The molecule has 0 spiro atoms. The third-order valence-corrected chi connectivity index (χ3v) is 2.99. The van der Waals surface area contributed by atoms with Gasteiger partial charge in [-0.2, -0.15) is 0 Å². The van der Waals surface area contributed by atoms with E-state index in [9.17, 15) is 4.79 Å². The molecule has 1 aliphatic rings. The molecule has 4 heteroatoms. The molecule has 0 aromatic heterocycles. The fourth-order valence-electron chi connectivity index (χ4n) is 1.90. The van der Waals surface area contributed by atoms with E-state index in [0.29, 0.717) is 12.6 Å². The largest absolute Gasteiger partial charge is 0.369 e. The van der Waals surface area contributed by atoms with Gasteiger partial charge in [-0.3, -0.25) is 4.79 Å². The number of nitrogens with two attached hydrogens (primary N) is 1.